The molecule has 0 atom stereocenters. The highest BCUT2D eigenvalue weighted by Gasteiger charge is 2.13. The van der Waals surface area contributed by atoms with Crippen LogP contribution in [0.2, 0.25) is 10.0 Å². The van der Waals surface area contributed by atoms with Gasteiger partial charge in [0.15, 0.2) is 0 Å². The zero-order chi connectivity index (χ0) is 22.8. The molecule has 0 saturated carbocycles. The SMILES string of the molecule is Cn1nccc1-c1cc(Cn2ccn(C)c2=N)cc(C(=O)NCc2ccc(Cl)c(Cl)c2)c1. The first kappa shape index (κ1) is 21.9. The molecule has 2 aromatic heterocycles. The number of benzene rings is 2. The van der Waals surface area contributed by atoms with Crippen LogP contribution in [0, 0.1) is 5.41 Å². The molecule has 4 aromatic rings. The number of aryl methyl sites for hydroxylation is 2. The summed E-state index contributed by atoms with van der Waals surface area (Å²) in [6, 6.07) is 12.9. The van der Waals surface area contributed by atoms with Crippen molar-refractivity contribution in [1.82, 2.24) is 24.2 Å². The molecule has 0 radical (unpaired) electrons. The lowest BCUT2D eigenvalue weighted by atomic mass is 10.0. The zero-order valence-electron chi connectivity index (χ0n) is 17.6. The van der Waals surface area contributed by atoms with E-state index in [-0.39, 0.29) is 5.91 Å². The second-order valence-corrected chi connectivity index (χ2v) is 8.36. The number of nitrogens with one attached hydrogen (secondary N) is 2. The molecule has 0 saturated heterocycles. The highest BCUT2D eigenvalue weighted by molar-refractivity contribution is 6.42. The number of nitrogens with zero attached hydrogens (tertiary/aromatic N) is 4. The van der Waals surface area contributed by atoms with Crippen LogP contribution >= 0.6 is 23.2 Å². The van der Waals surface area contributed by atoms with Crippen LogP contribution in [0.4, 0.5) is 0 Å². The maximum absolute atomic E-state index is 13.0. The second kappa shape index (κ2) is 9.06. The number of hydrogen-bond donors (Lipinski definition) is 2. The predicted molar refractivity (Wildman–Crippen MR) is 125 cm³/mol. The summed E-state index contributed by atoms with van der Waals surface area (Å²) < 4.78 is 5.32. The lowest BCUT2D eigenvalue weighted by molar-refractivity contribution is 0.0951. The fourth-order valence-electron chi connectivity index (χ4n) is 3.50. The number of imidazole rings is 1. The maximum Gasteiger partial charge on any atom is 0.251 e. The van der Waals surface area contributed by atoms with E-state index in [9.17, 15) is 4.79 Å². The predicted octanol–water partition coefficient (Wildman–Crippen LogP) is 3.99. The van der Waals surface area contributed by atoms with Crippen molar-refractivity contribution in [2.45, 2.75) is 13.1 Å². The number of carbonyl (C=O) groups excluding carboxylic acids is 1. The number of rotatable bonds is 6. The average Bonchev–Trinajstić information content (AvgIpc) is 3.34. The van der Waals surface area contributed by atoms with Gasteiger partial charge in [0.05, 0.1) is 22.3 Å². The molecule has 7 nitrogen and oxygen atoms in total. The molecular formula is C23H22Cl2N6O. The van der Waals surface area contributed by atoms with Crippen LogP contribution in [0.1, 0.15) is 21.5 Å². The summed E-state index contributed by atoms with van der Waals surface area (Å²) in [6.45, 7) is 0.795. The minimum Gasteiger partial charge on any atom is -0.348 e. The summed E-state index contributed by atoms with van der Waals surface area (Å²) in [4.78, 5) is 13.0. The number of hydrogen-bond acceptors (Lipinski definition) is 3. The van der Waals surface area contributed by atoms with Gasteiger partial charge in [-0.2, -0.15) is 5.10 Å². The van der Waals surface area contributed by atoms with Gasteiger partial charge in [-0.1, -0.05) is 29.3 Å². The minimum absolute atomic E-state index is 0.203. The van der Waals surface area contributed by atoms with Crippen molar-refractivity contribution in [3.63, 3.8) is 0 Å². The molecular weight excluding hydrogens is 447 g/mol. The molecule has 2 N–H and O–H groups in total. The number of aromatic nitrogens is 4. The van der Waals surface area contributed by atoms with Gasteiger partial charge in [-0.05, 0) is 47.5 Å². The highest BCUT2D eigenvalue weighted by Crippen LogP contribution is 2.24. The normalized spacial score (nSPS) is 11.0. The Morgan fingerprint density at radius 2 is 1.84 bits per heavy atom. The first-order chi connectivity index (χ1) is 15.3. The Labute approximate surface area is 195 Å². The molecule has 164 valence electrons. The molecule has 1 amide bonds. The topological polar surface area (TPSA) is 80.6 Å². The van der Waals surface area contributed by atoms with Gasteiger partial charge in [-0.3, -0.25) is 14.9 Å². The number of amides is 1. The van der Waals surface area contributed by atoms with Gasteiger partial charge >= 0.3 is 0 Å². The Morgan fingerprint density at radius 3 is 2.50 bits per heavy atom. The third-order valence-corrected chi connectivity index (χ3v) is 5.98. The van der Waals surface area contributed by atoms with Crippen LogP contribution in [0.25, 0.3) is 11.3 Å². The molecule has 0 aliphatic rings. The summed E-state index contributed by atoms with van der Waals surface area (Å²) in [6.07, 6.45) is 5.40. The molecule has 0 bridgehead atoms. The average molecular weight is 469 g/mol. The van der Waals surface area contributed by atoms with Gasteiger partial charge < -0.3 is 14.5 Å². The number of halogens is 2. The summed E-state index contributed by atoms with van der Waals surface area (Å²) in [7, 11) is 3.69. The molecule has 2 heterocycles. The van der Waals surface area contributed by atoms with E-state index in [0.717, 1.165) is 22.4 Å². The minimum atomic E-state index is -0.203. The molecule has 0 spiro atoms. The van der Waals surface area contributed by atoms with Crippen molar-refractivity contribution in [2.24, 2.45) is 14.1 Å². The molecule has 2 aromatic carbocycles. The summed E-state index contributed by atoms with van der Waals surface area (Å²) in [5, 5.41) is 16.3. The van der Waals surface area contributed by atoms with Gasteiger partial charge in [0.1, 0.15) is 0 Å². The fraction of sp³-hybridized carbons (Fsp3) is 0.174. The third-order valence-electron chi connectivity index (χ3n) is 5.24. The van der Waals surface area contributed by atoms with Crippen molar-refractivity contribution < 1.29 is 4.79 Å². The van der Waals surface area contributed by atoms with E-state index in [1.54, 1.807) is 27.6 Å². The van der Waals surface area contributed by atoms with Crippen LogP contribution in [-0.2, 0) is 27.2 Å². The highest BCUT2D eigenvalue weighted by atomic mass is 35.5. The first-order valence-corrected chi connectivity index (χ1v) is 10.7. The van der Waals surface area contributed by atoms with Crippen LogP contribution in [-0.4, -0.2) is 24.8 Å². The van der Waals surface area contributed by atoms with Crippen molar-refractivity contribution >= 4 is 29.1 Å². The van der Waals surface area contributed by atoms with Crippen molar-refractivity contribution in [3.8, 4) is 11.3 Å². The van der Waals surface area contributed by atoms with E-state index in [1.807, 2.05) is 61.4 Å². The van der Waals surface area contributed by atoms with Gasteiger partial charge in [0, 0.05) is 50.4 Å². The molecule has 32 heavy (non-hydrogen) atoms. The van der Waals surface area contributed by atoms with E-state index in [0.29, 0.717) is 34.3 Å². The summed E-state index contributed by atoms with van der Waals surface area (Å²) >= 11 is 12.1. The Bertz CT molecular complexity index is 1350. The lowest BCUT2D eigenvalue weighted by Crippen LogP contribution is -2.24. The molecule has 0 fully saturated rings. The van der Waals surface area contributed by atoms with Crippen molar-refractivity contribution in [1.29, 1.82) is 5.41 Å². The lowest BCUT2D eigenvalue weighted by Gasteiger charge is -2.12. The van der Waals surface area contributed by atoms with Crippen LogP contribution in [0.15, 0.2) is 61.1 Å². The van der Waals surface area contributed by atoms with Gasteiger partial charge in [-0.15, -0.1) is 0 Å². The molecule has 9 heteroatoms. The zero-order valence-corrected chi connectivity index (χ0v) is 19.2. The van der Waals surface area contributed by atoms with Crippen LogP contribution in [0.5, 0.6) is 0 Å². The largest absolute Gasteiger partial charge is 0.348 e. The second-order valence-electron chi connectivity index (χ2n) is 7.55. The van der Waals surface area contributed by atoms with E-state index in [2.05, 4.69) is 10.4 Å². The fourth-order valence-corrected chi connectivity index (χ4v) is 3.82. The Hall–Kier alpha value is -3.29. The van der Waals surface area contributed by atoms with Gasteiger partial charge in [-0.25, -0.2) is 0 Å². The number of carbonyl (C=O) groups is 1. The Kier molecular flexibility index (Phi) is 6.21. The van der Waals surface area contributed by atoms with Crippen molar-refractivity contribution in [2.75, 3.05) is 0 Å². The molecule has 0 aliphatic carbocycles. The van der Waals surface area contributed by atoms with E-state index >= 15 is 0 Å². The quantitative estimate of drug-likeness (QED) is 0.448. The standard InChI is InChI=1S/C23H22Cl2N6O/c1-29-7-8-31(23(29)26)14-16-9-17(21-5-6-28-30(21)2)12-18(10-16)22(32)27-13-15-3-4-19(24)20(25)11-15/h3-12,26H,13-14H2,1-2H3,(H,27,32). The third kappa shape index (κ3) is 4.64. The van der Waals surface area contributed by atoms with Crippen LogP contribution in [0.3, 0.4) is 0 Å². The van der Waals surface area contributed by atoms with E-state index in [4.69, 9.17) is 28.6 Å². The Morgan fingerprint density at radius 1 is 1.03 bits per heavy atom. The smallest absolute Gasteiger partial charge is 0.251 e. The van der Waals surface area contributed by atoms with E-state index in [1.165, 1.54) is 0 Å². The maximum atomic E-state index is 13.0. The first-order valence-electron chi connectivity index (χ1n) is 9.92. The molecule has 0 aliphatic heterocycles. The van der Waals surface area contributed by atoms with Crippen molar-refractivity contribution in [3.05, 3.63) is 93.4 Å². The molecule has 0 unspecified atom stereocenters. The Balaban J connectivity index is 1.64. The van der Waals surface area contributed by atoms with Crippen LogP contribution < -0.4 is 10.9 Å². The van der Waals surface area contributed by atoms with E-state index < -0.39 is 0 Å². The molecule has 4 rings (SSSR count). The van der Waals surface area contributed by atoms with Gasteiger partial charge in [0.2, 0.25) is 5.62 Å². The van der Waals surface area contributed by atoms with Gasteiger partial charge in [0.25, 0.3) is 5.91 Å². The summed E-state index contributed by atoms with van der Waals surface area (Å²) in [5.41, 5.74) is 4.45. The monoisotopic (exact) mass is 468 g/mol. The summed E-state index contributed by atoms with van der Waals surface area (Å²) in [5.74, 6) is -0.203.